The molecule has 1 aliphatic heterocycles. The van der Waals surface area contributed by atoms with Gasteiger partial charge in [-0.2, -0.15) is 0 Å². The molecule has 20 heavy (non-hydrogen) atoms. The van der Waals surface area contributed by atoms with Crippen LogP contribution in [-0.2, 0) is 4.79 Å². The molecule has 0 N–H and O–H groups in total. The highest BCUT2D eigenvalue weighted by Gasteiger charge is 2.37. The van der Waals surface area contributed by atoms with Crippen molar-refractivity contribution < 1.29 is 9.59 Å². The summed E-state index contributed by atoms with van der Waals surface area (Å²) >= 11 is 0. The van der Waals surface area contributed by atoms with Gasteiger partial charge in [0.15, 0.2) is 5.78 Å². The average molecular weight is 265 g/mol. The zero-order chi connectivity index (χ0) is 13.9. The molecule has 3 nitrogen and oxygen atoms in total. The predicted molar refractivity (Wildman–Crippen MR) is 77.7 cm³/mol. The largest absolute Gasteiger partial charge is 0.302 e. The number of rotatable bonds is 3. The van der Waals surface area contributed by atoms with Gasteiger partial charge in [-0.25, -0.2) is 0 Å². The highest BCUT2D eigenvalue weighted by Crippen LogP contribution is 2.28. The Morgan fingerprint density at radius 2 is 1.55 bits per heavy atom. The van der Waals surface area contributed by atoms with E-state index >= 15 is 0 Å². The lowest BCUT2D eigenvalue weighted by Crippen LogP contribution is -2.38. The molecule has 2 aromatic rings. The van der Waals surface area contributed by atoms with Crippen LogP contribution in [0.4, 0.5) is 5.69 Å². The first kappa shape index (κ1) is 12.6. The summed E-state index contributed by atoms with van der Waals surface area (Å²) in [6, 6.07) is 18.2. The van der Waals surface area contributed by atoms with E-state index in [0.717, 1.165) is 5.69 Å². The van der Waals surface area contributed by atoms with Crippen LogP contribution in [0.2, 0.25) is 0 Å². The van der Waals surface area contributed by atoms with Crippen LogP contribution in [0, 0.1) is 0 Å². The first-order chi connectivity index (χ1) is 9.77. The molecule has 1 fully saturated rings. The van der Waals surface area contributed by atoms with Gasteiger partial charge in [-0.3, -0.25) is 9.59 Å². The molecule has 0 bridgehead atoms. The second-order valence-electron chi connectivity index (χ2n) is 4.88. The van der Waals surface area contributed by atoms with Crippen LogP contribution in [0.15, 0.2) is 60.7 Å². The highest BCUT2D eigenvalue weighted by atomic mass is 16.2. The molecule has 100 valence electrons. The van der Waals surface area contributed by atoms with E-state index in [-0.39, 0.29) is 17.7 Å². The summed E-state index contributed by atoms with van der Waals surface area (Å²) in [5, 5.41) is 0. The minimum absolute atomic E-state index is 0.0142. The monoisotopic (exact) mass is 265 g/mol. The Morgan fingerprint density at radius 3 is 2.20 bits per heavy atom. The average Bonchev–Trinajstić information content (AvgIpc) is 2.90. The van der Waals surface area contributed by atoms with E-state index in [1.807, 2.05) is 48.5 Å². The van der Waals surface area contributed by atoms with Gasteiger partial charge in [-0.05, 0) is 18.6 Å². The van der Waals surface area contributed by atoms with E-state index in [4.69, 9.17) is 0 Å². The zero-order valence-corrected chi connectivity index (χ0v) is 11.0. The Hall–Kier alpha value is -2.42. The van der Waals surface area contributed by atoms with Crippen molar-refractivity contribution in [3.8, 4) is 0 Å². The number of benzene rings is 2. The molecule has 1 amide bonds. The van der Waals surface area contributed by atoms with Gasteiger partial charge in [0.05, 0.1) is 0 Å². The number of nitrogens with zero attached hydrogens (tertiary/aromatic N) is 1. The molecule has 1 unspecified atom stereocenters. The molecule has 3 rings (SSSR count). The maximum absolute atomic E-state index is 12.6. The summed E-state index contributed by atoms with van der Waals surface area (Å²) in [7, 11) is 0. The lowest BCUT2D eigenvalue weighted by Gasteiger charge is -2.23. The Bertz CT molecular complexity index is 622. The van der Waals surface area contributed by atoms with Gasteiger partial charge in [0.1, 0.15) is 6.04 Å². The van der Waals surface area contributed by atoms with Crippen molar-refractivity contribution in [2.24, 2.45) is 0 Å². The van der Waals surface area contributed by atoms with Gasteiger partial charge in [0, 0.05) is 17.7 Å². The van der Waals surface area contributed by atoms with E-state index in [2.05, 4.69) is 0 Å². The molecule has 0 saturated carbocycles. The topological polar surface area (TPSA) is 37.4 Å². The molecule has 0 aromatic heterocycles. The molecule has 1 heterocycles. The van der Waals surface area contributed by atoms with E-state index < -0.39 is 0 Å². The summed E-state index contributed by atoms with van der Waals surface area (Å²) in [6.45, 7) is 0. The van der Waals surface area contributed by atoms with Gasteiger partial charge in [0.2, 0.25) is 5.91 Å². The Balaban J connectivity index is 1.93. The highest BCUT2D eigenvalue weighted by molar-refractivity contribution is 6.10. The smallest absolute Gasteiger partial charge is 0.227 e. The summed E-state index contributed by atoms with van der Waals surface area (Å²) in [5.74, 6) is 0.0331. The van der Waals surface area contributed by atoms with Crippen molar-refractivity contribution in [1.29, 1.82) is 0 Å². The molecule has 0 spiro atoms. The van der Waals surface area contributed by atoms with Crippen LogP contribution < -0.4 is 4.90 Å². The summed E-state index contributed by atoms with van der Waals surface area (Å²) < 4.78 is 0. The first-order valence-electron chi connectivity index (χ1n) is 6.74. The second-order valence-corrected chi connectivity index (χ2v) is 4.88. The normalized spacial score (nSPS) is 18.3. The third-order valence-electron chi connectivity index (χ3n) is 3.61. The van der Waals surface area contributed by atoms with Gasteiger partial charge >= 0.3 is 0 Å². The maximum Gasteiger partial charge on any atom is 0.227 e. The number of hydrogen-bond acceptors (Lipinski definition) is 2. The molecular weight excluding hydrogens is 250 g/mol. The van der Waals surface area contributed by atoms with Gasteiger partial charge in [-0.1, -0.05) is 48.5 Å². The van der Waals surface area contributed by atoms with Crippen molar-refractivity contribution >= 4 is 17.4 Å². The van der Waals surface area contributed by atoms with Crippen LogP contribution >= 0.6 is 0 Å². The number of para-hydroxylation sites is 1. The lowest BCUT2D eigenvalue weighted by atomic mass is 10.0. The number of ketones is 1. The molecular formula is C17H15NO2. The van der Waals surface area contributed by atoms with Crippen molar-refractivity contribution in [2.45, 2.75) is 18.9 Å². The fourth-order valence-corrected chi connectivity index (χ4v) is 2.64. The van der Waals surface area contributed by atoms with Crippen molar-refractivity contribution in [3.63, 3.8) is 0 Å². The van der Waals surface area contributed by atoms with Gasteiger partial charge in [0.25, 0.3) is 0 Å². The summed E-state index contributed by atoms with van der Waals surface area (Å²) in [5.41, 5.74) is 1.46. The quantitative estimate of drug-likeness (QED) is 0.800. The Labute approximate surface area is 117 Å². The maximum atomic E-state index is 12.6. The van der Waals surface area contributed by atoms with E-state index in [9.17, 15) is 9.59 Å². The van der Waals surface area contributed by atoms with Gasteiger partial charge < -0.3 is 4.90 Å². The third kappa shape index (κ3) is 2.23. The number of amides is 1. The molecule has 1 aliphatic rings. The fourth-order valence-electron chi connectivity index (χ4n) is 2.64. The van der Waals surface area contributed by atoms with Crippen LogP contribution in [-0.4, -0.2) is 17.7 Å². The zero-order valence-electron chi connectivity index (χ0n) is 11.0. The molecule has 2 aromatic carbocycles. The lowest BCUT2D eigenvalue weighted by molar-refractivity contribution is -0.117. The van der Waals surface area contributed by atoms with Crippen LogP contribution in [0.3, 0.4) is 0 Å². The predicted octanol–water partition coefficient (Wildman–Crippen LogP) is 3.06. The van der Waals surface area contributed by atoms with E-state index in [1.165, 1.54) is 0 Å². The standard InChI is InChI=1S/C17H15NO2/c19-16-12-11-15(17(20)13-7-3-1-4-8-13)18(16)14-9-5-2-6-10-14/h1-10,15H,11-12H2. The molecule has 1 atom stereocenters. The van der Waals surface area contributed by atoms with Gasteiger partial charge in [-0.15, -0.1) is 0 Å². The third-order valence-corrected chi connectivity index (χ3v) is 3.61. The van der Waals surface area contributed by atoms with Crippen LogP contribution in [0.1, 0.15) is 23.2 Å². The number of carbonyl (C=O) groups is 2. The SMILES string of the molecule is O=C(c1ccccc1)C1CCC(=O)N1c1ccccc1. The van der Waals surface area contributed by atoms with Crippen molar-refractivity contribution in [2.75, 3.05) is 4.90 Å². The minimum Gasteiger partial charge on any atom is -0.302 e. The summed E-state index contributed by atoms with van der Waals surface area (Å²) in [4.78, 5) is 26.3. The molecule has 0 aliphatic carbocycles. The van der Waals surface area contributed by atoms with Crippen molar-refractivity contribution in [3.05, 3.63) is 66.2 Å². The minimum atomic E-state index is -0.382. The molecule has 0 radical (unpaired) electrons. The Morgan fingerprint density at radius 1 is 0.950 bits per heavy atom. The number of hydrogen-bond donors (Lipinski definition) is 0. The fraction of sp³-hybridized carbons (Fsp3) is 0.176. The Kier molecular flexibility index (Phi) is 3.33. The number of carbonyl (C=O) groups excluding carboxylic acids is 2. The van der Waals surface area contributed by atoms with E-state index in [0.29, 0.717) is 18.4 Å². The second kappa shape index (κ2) is 5.29. The first-order valence-corrected chi connectivity index (χ1v) is 6.74. The molecule has 1 saturated heterocycles. The van der Waals surface area contributed by atoms with Crippen molar-refractivity contribution in [1.82, 2.24) is 0 Å². The summed E-state index contributed by atoms with van der Waals surface area (Å²) in [6.07, 6.45) is 1.01. The van der Waals surface area contributed by atoms with Crippen LogP contribution in [0.25, 0.3) is 0 Å². The number of anilines is 1. The molecule has 3 heteroatoms. The van der Waals surface area contributed by atoms with Crippen LogP contribution in [0.5, 0.6) is 0 Å². The number of Topliss-reactive ketones (excluding diaryl/α,β-unsaturated/α-hetero) is 1. The van der Waals surface area contributed by atoms with E-state index in [1.54, 1.807) is 17.0 Å².